The zero-order chi connectivity index (χ0) is 28.3. The number of nitrogens with one attached hydrogen (secondary N) is 4. The van der Waals surface area contributed by atoms with Gasteiger partial charge in [-0.3, -0.25) is 4.79 Å². The largest absolute Gasteiger partial charge is 0.378 e. The van der Waals surface area contributed by atoms with Gasteiger partial charge in [0.05, 0.1) is 26.4 Å². The van der Waals surface area contributed by atoms with Crippen LogP contribution in [-0.4, -0.2) is 73.0 Å². The zero-order valence-electron chi connectivity index (χ0n) is 24.1. The van der Waals surface area contributed by atoms with Crippen molar-refractivity contribution in [3.05, 3.63) is 29.8 Å². The number of hydrogen-bond acceptors (Lipinski definition) is 10. The summed E-state index contributed by atoms with van der Waals surface area (Å²) in [4.78, 5) is 26.9. The Morgan fingerprint density at radius 2 is 1.71 bits per heavy atom. The fraction of sp³-hybridized carbons (Fsp3) is 0.667. The van der Waals surface area contributed by atoms with Gasteiger partial charge >= 0.3 is 0 Å². The maximum Gasteiger partial charge on any atom is 0.251 e. The van der Waals surface area contributed by atoms with Gasteiger partial charge in [-0.25, -0.2) is 0 Å². The van der Waals surface area contributed by atoms with Crippen LogP contribution in [0.25, 0.3) is 0 Å². The Hall–Kier alpha value is -3.02. The Morgan fingerprint density at radius 1 is 0.902 bits per heavy atom. The third-order valence-electron chi connectivity index (χ3n) is 8.51. The van der Waals surface area contributed by atoms with Gasteiger partial charge in [-0.1, -0.05) is 31.7 Å². The fourth-order valence-electron chi connectivity index (χ4n) is 6.40. The van der Waals surface area contributed by atoms with Gasteiger partial charge in [-0.05, 0) is 68.1 Å². The lowest BCUT2D eigenvalue weighted by molar-refractivity contribution is 0.0511. The number of amides is 1. The summed E-state index contributed by atoms with van der Waals surface area (Å²) < 4.78 is 10.8. The molecule has 5 rings (SSSR count). The van der Waals surface area contributed by atoms with E-state index in [1.165, 1.54) is 57.8 Å². The number of aromatic nitrogens is 3. The van der Waals surface area contributed by atoms with E-state index in [4.69, 9.17) is 25.2 Å². The predicted octanol–water partition coefficient (Wildman–Crippen LogP) is 3.93. The maximum atomic E-state index is 12.7. The maximum absolute atomic E-state index is 12.7. The molecule has 3 aliphatic rings. The summed E-state index contributed by atoms with van der Waals surface area (Å²) >= 11 is 0. The van der Waals surface area contributed by atoms with E-state index in [1.807, 2.05) is 12.1 Å². The number of fused-ring (bicyclic) bond motifs is 2. The topological polar surface area (TPSA) is 148 Å². The molecular formula is C30H46N8O3. The van der Waals surface area contributed by atoms with Crippen molar-refractivity contribution in [2.24, 2.45) is 23.5 Å². The van der Waals surface area contributed by atoms with Gasteiger partial charge in [0, 0.05) is 36.9 Å². The number of nitrogens with zero attached hydrogens (tertiary/aromatic N) is 3. The molecule has 6 N–H and O–H groups in total. The highest BCUT2D eigenvalue weighted by atomic mass is 16.5. The zero-order valence-corrected chi connectivity index (χ0v) is 24.1. The number of hydrogen-bond donors (Lipinski definition) is 5. The van der Waals surface area contributed by atoms with Crippen molar-refractivity contribution < 1.29 is 14.3 Å². The SMILES string of the molecule is NCCOCCOCCNC(=O)c1cccc(Nc2nc(NCC3CCCCC3)nc(NC3CC4CCC3C4)n2)c1. The lowest BCUT2D eigenvalue weighted by atomic mass is 9.89. The molecule has 3 atom stereocenters. The molecule has 1 aromatic heterocycles. The van der Waals surface area contributed by atoms with E-state index in [9.17, 15) is 4.79 Å². The Balaban J connectivity index is 1.19. The normalized spacial score (nSPS) is 22.0. The Bertz CT molecular complexity index is 1110. The number of nitrogens with two attached hydrogens (primary N) is 1. The molecule has 3 unspecified atom stereocenters. The average molecular weight is 567 g/mol. The van der Waals surface area contributed by atoms with E-state index in [-0.39, 0.29) is 5.91 Å². The van der Waals surface area contributed by atoms with Gasteiger partial charge in [0.2, 0.25) is 17.8 Å². The summed E-state index contributed by atoms with van der Waals surface area (Å²) in [6.45, 7) is 3.67. The lowest BCUT2D eigenvalue weighted by Gasteiger charge is -2.24. The van der Waals surface area contributed by atoms with Crippen LogP contribution in [0, 0.1) is 17.8 Å². The molecule has 0 radical (unpaired) electrons. The Morgan fingerprint density at radius 3 is 2.49 bits per heavy atom. The van der Waals surface area contributed by atoms with E-state index >= 15 is 0 Å². The number of benzene rings is 1. The van der Waals surface area contributed by atoms with Crippen LogP contribution in [-0.2, 0) is 9.47 Å². The van der Waals surface area contributed by atoms with Crippen LogP contribution in [0.5, 0.6) is 0 Å². The summed E-state index contributed by atoms with van der Waals surface area (Å²) in [6.07, 6.45) is 11.6. The fourth-order valence-corrected chi connectivity index (χ4v) is 6.40. The average Bonchev–Trinajstić information content (AvgIpc) is 3.62. The van der Waals surface area contributed by atoms with Crippen molar-refractivity contribution in [1.82, 2.24) is 20.3 Å². The molecular weight excluding hydrogens is 520 g/mol. The number of ether oxygens (including phenoxy) is 2. The highest BCUT2D eigenvalue weighted by Crippen LogP contribution is 2.45. The van der Waals surface area contributed by atoms with Crippen LogP contribution >= 0.6 is 0 Å². The van der Waals surface area contributed by atoms with Crippen LogP contribution in [0.3, 0.4) is 0 Å². The quantitative estimate of drug-likeness (QED) is 0.189. The number of carbonyl (C=O) groups is 1. The first-order valence-electron chi connectivity index (χ1n) is 15.4. The molecule has 2 bridgehead atoms. The second-order valence-electron chi connectivity index (χ2n) is 11.6. The molecule has 3 aliphatic carbocycles. The van der Waals surface area contributed by atoms with Crippen molar-refractivity contribution in [1.29, 1.82) is 0 Å². The smallest absolute Gasteiger partial charge is 0.251 e. The number of rotatable bonds is 16. The minimum atomic E-state index is -0.166. The van der Waals surface area contributed by atoms with E-state index in [1.54, 1.807) is 12.1 Å². The molecule has 1 aromatic carbocycles. The Kier molecular flexibility index (Phi) is 11.0. The van der Waals surface area contributed by atoms with Crippen LogP contribution in [0.15, 0.2) is 24.3 Å². The molecule has 0 spiro atoms. The minimum absolute atomic E-state index is 0.166. The van der Waals surface area contributed by atoms with Crippen LogP contribution in [0.2, 0.25) is 0 Å². The molecule has 0 aliphatic heterocycles. The minimum Gasteiger partial charge on any atom is -0.378 e. The second kappa shape index (κ2) is 15.3. The molecule has 1 heterocycles. The van der Waals surface area contributed by atoms with Gasteiger partial charge in [-0.15, -0.1) is 0 Å². The molecule has 224 valence electrons. The molecule has 11 heteroatoms. The standard InChI is InChI=1S/C30H46N8O3/c31-11-13-40-15-16-41-14-12-32-27(39)24-7-4-8-25(19-24)34-29-36-28(33-20-21-5-2-1-3-6-21)37-30(38-29)35-26-18-22-9-10-23(26)17-22/h4,7-8,19,21-23,26H,1-3,5-6,9-18,20,31H2,(H,32,39)(H3,33,34,35,36,37,38). The van der Waals surface area contributed by atoms with Crippen LogP contribution in [0.4, 0.5) is 23.5 Å². The Labute approximate surface area is 243 Å². The van der Waals surface area contributed by atoms with E-state index in [0.717, 1.165) is 18.2 Å². The molecule has 2 aromatic rings. The van der Waals surface area contributed by atoms with Crippen molar-refractivity contribution in [2.75, 3.05) is 62.0 Å². The second-order valence-corrected chi connectivity index (χ2v) is 11.6. The number of anilines is 4. The van der Waals surface area contributed by atoms with E-state index in [0.29, 0.717) is 80.8 Å². The summed E-state index contributed by atoms with van der Waals surface area (Å²) in [6, 6.07) is 7.77. The van der Waals surface area contributed by atoms with Crippen molar-refractivity contribution in [3.63, 3.8) is 0 Å². The first kappa shape index (κ1) is 29.5. The van der Waals surface area contributed by atoms with Crippen LogP contribution < -0.4 is 27.0 Å². The molecule has 1 amide bonds. The molecule has 3 fully saturated rings. The highest BCUT2D eigenvalue weighted by Gasteiger charge is 2.39. The van der Waals surface area contributed by atoms with E-state index < -0.39 is 0 Å². The first-order chi connectivity index (χ1) is 20.2. The summed E-state index contributed by atoms with van der Waals surface area (Å²) in [5, 5.41) is 13.3. The van der Waals surface area contributed by atoms with Crippen molar-refractivity contribution >= 4 is 29.4 Å². The first-order valence-corrected chi connectivity index (χ1v) is 15.4. The van der Waals surface area contributed by atoms with Crippen molar-refractivity contribution in [2.45, 2.75) is 63.8 Å². The lowest BCUT2D eigenvalue weighted by Crippen LogP contribution is -2.28. The van der Waals surface area contributed by atoms with Gasteiger partial charge < -0.3 is 36.5 Å². The summed E-state index contributed by atoms with van der Waals surface area (Å²) in [7, 11) is 0. The molecule has 11 nitrogen and oxygen atoms in total. The third kappa shape index (κ3) is 8.98. The van der Waals surface area contributed by atoms with E-state index in [2.05, 4.69) is 26.3 Å². The van der Waals surface area contributed by atoms with Crippen LogP contribution in [0.1, 0.15) is 68.1 Å². The third-order valence-corrected chi connectivity index (χ3v) is 8.51. The summed E-state index contributed by atoms with van der Waals surface area (Å²) in [5.41, 5.74) is 6.68. The molecule has 41 heavy (non-hydrogen) atoms. The number of carbonyl (C=O) groups excluding carboxylic acids is 1. The molecule has 3 saturated carbocycles. The molecule has 0 saturated heterocycles. The van der Waals surface area contributed by atoms with Gasteiger partial charge in [0.1, 0.15) is 0 Å². The highest BCUT2D eigenvalue weighted by molar-refractivity contribution is 5.95. The van der Waals surface area contributed by atoms with Gasteiger partial charge in [0.15, 0.2) is 0 Å². The monoisotopic (exact) mass is 566 g/mol. The van der Waals surface area contributed by atoms with Gasteiger partial charge in [-0.2, -0.15) is 15.0 Å². The predicted molar refractivity (Wildman–Crippen MR) is 161 cm³/mol. The van der Waals surface area contributed by atoms with Crippen molar-refractivity contribution in [3.8, 4) is 0 Å². The summed E-state index contributed by atoms with van der Waals surface area (Å²) in [5.74, 6) is 3.67. The van der Waals surface area contributed by atoms with Gasteiger partial charge in [0.25, 0.3) is 5.91 Å².